The van der Waals surface area contributed by atoms with Crippen molar-refractivity contribution in [3.05, 3.63) is 107 Å². The van der Waals surface area contributed by atoms with Crippen LogP contribution in [0.25, 0.3) is 11.3 Å². The number of anilines is 4. The van der Waals surface area contributed by atoms with Crippen molar-refractivity contribution in [2.24, 2.45) is 11.8 Å². The van der Waals surface area contributed by atoms with Crippen molar-refractivity contribution < 1.29 is 40.9 Å². The van der Waals surface area contributed by atoms with Gasteiger partial charge in [0.25, 0.3) is 0 Å². The Labute approximate surface area is 342 Å². The molecule has 3 N–H and O–H groups in total. The topological polar surface area (TPSA) is 126 Å². The van der Waals surface area contributed by atoms with Crippen LogP contribution in [0.5, 0.6) is 0 Å². The molecule has 4 aromatic heterocycles. The highest BCUT2D eigenvalue weighted by atomic mass is 19.4. The number of hydrogen-bond donors (Lipinski definition) is 3. The largest absolute Gasteiger partial charge is 0.416 e. The number of ether oxygens (including phenoxy) is 2. The Kier molecular flexibility index (Phi) is 11.5. The number of nitrogens with zero attached hydrogens (tertiary/aromatic N) is 6. The van der Waals surface area contributed by atoms with Gasteiger partial charge in [0.1, 0.15) is 0 Å². The van der Waals surface area contributed by atoms with E-state index in [0.717, 1.165) is 99.3 Å². The Morgan fingerprint density at radius 3 is 1.47 bits per heavy atom. The second-order valence-electron chi connectivity index (χ2n) is 16.3. The van der Waals surface area contributed by atoms with Gasteiger partial charge >= 0.3 is 12.4 Å². The zero-order chi connectivity index (χ0) is 42.1. The average Bonchev–Trinajstić information content (AvgIpc) is 3.62. The summed E-state index contributed by atoms with van der Waals surface area (Å²) in [5, 5.41) is 25.5. The van der Waals surface area contributed by atoms with E-state index < -0.39 is 29.1 Å². The van der Waals surface area contributed by atoms with Gasteiger partial charge in [0.05, 0.1) is 35.5 Å². The van der Waals surface area contributed by atoms with E-state index in [4.69, 9.17) is 9.47 Å². The summed E-state index contributed by atoms with van der Waals surface area (Å²) in [5.74, 6) is 1.72. The number of aliphatic hydroxyl groups is 1. The van der Waals surface area contributed by atoms with Gasteiger partial charge < -0.3 is 25.2 Å². The molecule has 11 nitrogen and oxygen atoms in total. The van der Waals surface area contributed by atoms with Crippen molar-refractivity contribution >= 4 is 34.6 Å². The quantitative estimate of drug-likeness (QED) is 0.0914. The summed E-state index contributed by atoms with van der Waals surface area (Å²) in [6.45, 7) is 1.27. The molecule has 9 rings (SSSR count). The van der Waals surface area contributed by atoms with E-state index in [0.29, 0.717) is 60.2 Å². The van der Waals surface area contributed by atoms with Crippen LogP contribution in [-0.2, 0) is 34.7 Å². The SMILES string of the molecule is COCC1(O)CCC(Cc2cccc3nc(Nc4ccc(C(F)(F)F)cc4)nn23)CC1.FC(F)(F)c1ccc(Nc2nc3cccc(CC4CCC5(CC4)CO5)n3n2)cc1. The number of pyridine rings is 2. The predicted octanol–water partition coefficient (Wildman–Crippen LogP) is 9.60. The van der Waals surface area contributed by atoms with Gasteiger partial charge in [-0.15, -0.1) is 10.2 Å². The number of methoxy groups -OCH3 is 1. The fraction of sp³-hybridized carbons (Fsp3) is 0.442. The number of fused-ring (bicyclic) bond motifs is 2. The van der Waals surface area contributed by atoms with Crippen molar-refractivity contribution in [2.45, 2.75) is 87.8 Å². The first-order chi connectivity index (χ1) is 28.7. The number of benzene rings is 2. The first-order valence-corrected chi connectivity index (χ1v) is 20.1. The zero-order valence-electron chi connectivity index (χ0n) is 32.9. The maximum atomic E-state index is 12.7. The fourth-order valence-electron chi connectivity index (χ4n) is 8.30. The Bertz CT molecular complexity index is 2380. The summed E-state index contributed by atoms with van der Waals surface area (Å²) in [4.78, 5) is 8.91. The van der Waals surface area contributed by atoms with E-state index >= 15 is 0 Å². The maximum absolute atomic E-state index is 12.7. The molecule has 0 atom stereocenters. The van der Waals surface area contributed by atoms with Crippen LogP contribution in [-0.4, -0.2) is 65.8 Å². The van der Waals surface area contributed by atoms with E-state index in [-0.39, 0.29) is 5.60 Å². The first-order valence-electron chi connectivity index (χ1n) is 20.1. The summed E-state index contributed by atoms with van der Waals surface area (Å²) in [5.41, 5.74) is 2.55. The highest BCUT2D eigenvalue weighted by Gasteiger charge is 2.46. The van der Waals surface area contributed by atoms with Gasteiger partial charge in [-0.1, -0.05) is 12.1 Å². The summed E-state index contributed by atoms with van der Waals surface area (Å²) in [6.07, 6.45) is 0.815. The van der Waals surface area contributed by atoms with Crippen molar-refractivity contribution in [1.29, 1.82) is 0 Å². The lowest BCUT2D eigenvalue weighted by Gasteiger charge is -2.35. The molecule has 318 valence electrons. The average molecular weight is 837 g/mol. The van der Waals surface area contributed by atoms with Crippen LogP contribution < -0.4 is 10.6 Å². The standard InChI is InChI=1S/C22H25F3N4O2.C21H21F3N4O/c1-31-14-21(30)11-9-15(10-12-21)13-18-3-2-4-19-27-20(28-29(18)19)26-17-7-5-16(6-8-17)22(23,24)25;22-21(23,24)15-4-6-16(7-5-15)25-19-26-18-3-1-2-17(28(18)27-19)12-14-8-10-20(11-9-14)13-29-20/h2-8,15,30H,9-14H2,1H3,(H,26,28);1-7,14H,8-13H2,(H,25,27). The number of nitrogens with one attached hydrogen (secondary N) is 2. The van der Waals surface area contributed by atoms with Crippen LogP contribution in [0.2, 0.25) is 0 Å². The lowest BCUT2D eigenvalue weighted by Crippen LogP contribution is -2.38. The molecule has 1 spiro atoms. The van der Waals surface area contributed by atoms with Crippen molar-refractivity contribution in [3.8, 4) is 0 Å². The second-order valence-corrected chi connectivity index (χ2v) is 16.3. The minimum absolute atomic E-state index is 0.189. The molecule has 60 heavy (non-hydrogen) atoms. The molecule has 0 amide bonds. The van der Waals surface area contributed by atoms with Crippen LogP contribution in [0, 0.1) is 11.8 Å². The number of aromatic nitrogens is 6. The molecule has 2 saturated carbocycles. The van der Waals surface area contributed by atoms with Crippen molar-refractivity contribution in [2.75, 3.05) is 31.0 Å². The summed E-state index contributed by atoms with van der Waals surface area (Å²) >= 11 is 0. The number of hydrogen-bond acceptors (Lipinski definition) is 9. The maximum Gasteiger partial charge on any atom is 0.416 e. The molecule has 6 aromatic rings. The highest BCUT2D eigenvalue weighted by molar-refractivity contribution is 5.57. The smallest absolute Gasteiger partial charge is 0.387 e. The number of halogens is 6. The number of rotatable bonds is 10. The van der Waals surface area contributed by atoms with Gasteiger partial charge in [0, 0.05) is 29.9 Å². The molecule has 0 radical (unpaired) electrons. The molecular weight excluding hydrogens is 791 g/mol. The van der Waals surface area contributed by atoms with E-state index in [9.17, 15) is 31.4 Å². The lowest BCUT2D eigenvalue weighted by molar-refractivity contribution is -0.138. The summed E-state index contributed by atoms with van der Waals surface area (Å²) in [6, 6.07) is 21.3. The Morgan fingerprint density at radius 2 is 1.08 bits per heavy atom. The normalized spacial score (nSPS) is 23.1. The number of epoxide rings is 1. The zero-order valence-corrected chi connectivity index (χ0v) is 32.9. The van der Waals surface area contributed by atoms with E-state index in [1.807, 2.05) is 34.8 Å². The minimum Gasteiger partial charge on any atom is -0.387 e. The van der Waals surface area contributed by atoms with Crippen molar-refractivity contribution in [3.63, 3.8) is 0 Å². The Balaban J connectivity index is 0.000000167. The van der Waals surface area contributed by atoms with Gasteiger partial charge in [-0.2, -0.15) is 36.3 Å². The molecule has 1 aliphatic heterocycles. The third-order valence-corrected chi connectivity index (χ3v) is 11.8. The van der Waals surface area contributed by atoms with Gasteiger partial charge in [-0.25, -0.2) is 9.03 Å². The Morgan fingerprint density at radius 1 is 0.667 bits per heavy atom. The number of alkyl halides is 6. The van der Waals surface area contributed by atoms with Crippen molar-refractivity contribution in [1.82, 2.24) is 29.2 Å². The molecule has 0 bridgehead atoms. The van der Waals surface area contributed by atoms with E-state index in [2.05, 4.69) is 36.9 Å². The molecule has 1 saturated heterocycles. The minimum atomic E-state index is -4.37. The van der Waals surface area contributed by atoms with Crippen LogP contribution in [0.4, 0.5) is 49.6 Å². The first kappa shape index (κ1) is 41.5. The molecule has 17 heteroatoms. The Hall–Kier alpha value is -5.26. The van der Waals surface area contributed by atoms with E-state index in [1.165, 1.54) is 24.3 Å². The van der Waals surface area contributed by atoms with Crippen LogP contribution in [0.1, 0.15) is 73.9 Å². The van der Waals surface area contributed by atoms with Gasteiger partial charge in [0.15, 0.2) is 11.3 Å². The molecule has 3 fully saturated rings. The molecule has 5 heterocycles. The van der Waals surface area contributed by atoms with Crippen LogP contribution >= 0.6 is 0 Å². The molecule has 2 aromatic carbocycles. The van der Waals surface area contributed by atoms with Gasteiger partial charge in [-0.3, -0.25) is 0 Å². The van der Waals surface area contributed by atoms with Gasteiger partial charge in [0.2, 0.25) is 11.9 Å². The summed E-state index contributed by atoms with van der Waals surface area (Å²) in [7, 11) is 1.60. The lowest BCUT2D eigenvalue weighted by atomic mass is 9.77. The highest BCUT2D eigenvalue weighted by Crippen LogP contribution is 2.44. The molecule has 2 aliphatic carbocycles. The van der Waals surface area contributed by atoms with Crippen LogP contribution in [0.15, 0.2) is 84.9 Å². The molecule has 3 aliphatic rings. The molecular formula is C43H46F6N8O3. The van der Waals surface area contributed by atoms with Crippen LogP contribution in [0.3, 0.4) is 0 Å². The van der Waals surface area contributed by atoms with Gasteiger partial charge in [-0.05, 0) is 149 Å². The second kappa shape index (κ2) is 16.7. The summed E-state index contributed by atoms with van der Waals surface area (Å²) < 4.78 is 90.7. The predicted molar refractivity (Wildman–Crippen MR) is 212 cm³/mol. The fourth-order valence-corrected chi connectivity index (χ4v) is 8.30. The monoisotopic (exact) mass is 836 g/mol. The third-order valence-electron chi connectivity index (χ3n) is 11.8. The molecule has 0 unspecified atom stereocenters. The third kappa shape index (κ3) is 9.85. The van der Waals surface area contributed by atoms with E-state index in [1.54, 1.807) is 11.6 Å².